The molecule has 0 fully saturated rings. The van der Waals surface area contributed by atoms with Crippen molar-refractivity contribution in [3.8, 4) is 5.75 Å². The van der Waals surface area contributed by atoms with Gasteiger partial charge in [0.2, 0.25) is 0 Å². The van der Waals surface area contributed by atoms with Gasteiger partial charge in [0.15, 0.2) is 5.78 Å². The molecule has 1 unspecified atom stereocenters. The number of aromatic amines is 1. The van der Waals surface area contributed by atoms with Crippen LogP contribution in [0.4, 0.5) is 24.5 Å². The summed E-state index contributed by atoms with van der Waals surface area (Å²) in [5, 5.41) is 3.77. The highest BCUT2D eigenvalue weighted by atomic mass is 35.5. The number of hydrogen-bond acceptors (Lipinski definition) is 6. The zero-order valence-electron chi connectivity index (χ0n) is 22.4. The van der Waals surface area contributed by atoms with Crippen molar-refractivity contribution in [3.05, 3.63) is 82.4 Å². The second-order valence-corrected chi connectivity index (χ2v) is 10.4. The Hall–Kier alpha value is -4.09. The van der Waals surface area contributed by atoms with Gasteiger partial charge in [0, 0.05) is 32.0 Å². The van der Waals surface area contributed by atoms with Gasteiger partial charge in [0.1, 0.15) is 22.7 Å². The molecule has 41 heavy (non-hydrogen) atoms. The summed E-state index contributed by atoms with van der Waals surface area (Å²) in [4.78, 5) is 35.6. The number of halogens is 4. The average Bonchev–Trinajstić information content (AvgIpc) is 3.33. The van der Waals surface area contributed by atoms with E-state index in [2.05, 4.69) is 15.3 Å². The molecule has 12 heteroatoms. The summed E-state index contributed by atoms with van der Waals surface area (Å²) in [6, 6.07) is 4.31. The molecule has 1 aliphatic carbocycles. The Morgan fingerprint density at radius 1 is 1.24 bits per heavy atom. The summed E-state index contributed by atoms with van der Waals surface area (Å²) in [7, 11) is 3.12. The lowest BCUT2D eigenvalue weighted by Crippen LogP contribution is -2.57. The smallest absolute Gasteiger partial charge is 0.416 e. The maximum absolute atomic E-state index is 13.7. The molecule has 3 heterocycles. The van der Waals surface area contributed by atoms with Crippen LogP contribution in [0.15, 0.2) is 66.2 Å². The van der Waals surface area contributed by atoms with Crippen LogP contribution in [0.25, 0.3) is 11.0 Å². The molecule has 0 spiro atoms. The number of allylic oxidation sites excluding steroid dienone is 5. The van der Waals surface area contributed by atoms with E-state index in [0.717, 1.165) is 12.2 Å². The second kappa shape index (κ2) is 10.7. The van der Waals surface area contributed by atoms with Crippen LogP contribution in [-0.2, 0) is 9.53 Å². The molecule has 3 aromatic rings. The van der Waals surface area contributed by atoms with Gasteiger partial charge >= 0.3 is 6.18 Å². The van der Waals surface area contributed by atoms with E-state index >= 15 is 0 Å². The third-order valence-electron chi connectivity index (χ3n) is 6.92. The largest absolute Gasteiger partial charge is 0.458 e. The highest BCUT2D eigenvalue weighted by molar-refractivity contribution is 6.36. The number of pyridine rings is 1. The van der Waals surface area contributed by atoms with Gasteiger partial charge in [-0.05, 0) is 44.1 Å². The number of amides is 1. The molecular formula is C29H26ClF3N4O4. The van der Waals surface area contributed by atoms with Crippen LogP contribution in [0.3, 0.4) is 0 Å². The molecule has 1 aliphatic heterocycles. The van der Waals surface area contributed by atoms with Gasteiger partial charge in [-0.1, -0.05) is 23.8 Å². The number of carbonyl (C=O) groups excluding carboxylic acids is 2. The van der Waals surface area contributed by atoms with Crippen molar-refractivity contribution in [1.29, 1.82) is 0 Å². The SMILES string of the molecule is COCC1(C)Nc2c(cnc3[nH]cc(C(=O)c4ccc(OC5=CCC/C=C/C(C(F)(F)F)=C5)cc4Cl)c23)N(C)C1=O. The average molecular weight is 587 g/mol. The molecule has 0 radical (unpaired) electrons. The van der Waals surface area contributed by atoms with E-state index in [-0.39, 0.29) is 40.2 Å². The number of ketones is 1. The minimum Gasteiger partial charge on any atom is -0.458 e. The van der Waals surface area contributed by atoms with Crippen molar-refractivity contribution < 1.29 is 32.2 Å². The number of benzene rings is 1. The normalized spacial score (nSPS) is 20.0. The summed E-state index contributed by atoms with van der Waals surface area (Å²) >= 11 is 6.50. The van der Waals surface area contributed by atoms with Crippen molar-refractivity contribution in [3.63, 3.8) is 0 Å². The molecule has 214 valence electrons. The number of methoxy groups -OCH3 is 1. The zero-order chi connectivity index (χ0) is 29.5. The molecule has 2 aromatic heterocycles. The molecule has 1 aromatic carbocycles. The van der Waals surface area contributed by atoms with Crippen molar-refractivity contribution in [1.82, 2.24) is 9.97 Å². The fraction of sp³-hybridized carbons (Fsp3) is 0.276. The van der Waals surface area contributed by atoms with E-state index < -0.39 is 23.1 Å². The van der Waals surface area contributed by atoms with Gasteiger partial charge in [-0.25, -0.2) is 4.98 Å². The van der Waals surface area contributed by atoms with Crippen molar-refractivity contribution in [2.75, 3.05) is 31.0 Å². The number of H-pyrrole nitrogens is 1. The predicted molar refractivity (Wildman–Crippen MR) is 150 cm³/mol. The summed E-state index contributed by atoms with van der Waals surface area (Å²) in [5.41, 5.74) is -0.0411. The van der Waals surface area contributed by atoms with Crippen LogP contribution >= 0.6 is 11.6 Å². The number of alkyl halides is 3. The van der Waals surface area contributed by atoms with Crippen LogP contribution in [0, 0.1) is 0 Å². The predicted octanol–water partition coefficient (Wildman–Crippen LogP) is 6.34. The molecule has 0 bridgehead atoms. The maximum Gasteiger partial charge on any atom is 0.416 e. The third-order valence-corrected chi connectivity index (χ3v) is 7.23. The molecule has 0 saturated heterocycles. The number of hydrogen-bond donors (Lipinski definition) is 2. The maximum atomic E-state index is 13.7. The van der Waals surface area contributed by atoms with Gasteiger partial charge in [-0.15, -0.1) is 0 Å². The molecular weight excluding hydrogens is 561 g/mol. The zero-order valence-corrected chi connectivity index (χ0v) is 23.1. The Kier molecular flexibility index (Phi) is 7.43. The molecule has 5 rings (SSSR count). The number of aromatic nitrogens is 2. The number of carbonyl (C=O) groups is 2. The Labute approximate surface area is 238 Å². The second-order valence-electron chi connectivity index (χ2n) is 9.96. The number of likely N-dealkylation sites (N-methyl/N-ethyl adjacent to an activating group) is 1. The number of fused-ring (bicyclic) bond motifs is 3. The standard InChI is InChI=1S/C29H26ClF3N4O4/c1-28(15-40-3)27(39)37(2)22-14-35-26-23(24(22)36-28)20(13-34-26)25(38)19-10-9-18(12-21(19)30)41-17-8-6-4-5-7-16(11-17)29(31,32)33/h5,7-14,36H,4,6,15H2,1-3H3,(H,34,35)/b7-5+,16-11?,17-8?. The third kappa shape index (κ3) is 5.34. The quantitative estimate of drug-likeness (QED) is 0.327. The summed E-state index contributed by atoms with van der Waals surface area (Å²) in [6.07, 6.45) is 4.43. The van der Waals surface area contributed by atoms with E-state index in [0.29, 0.717) is 35.2 Å². The molecule has 0 saturated carbocycles. The Bertz CT molecular complexity index is 1640. The summed E-state index contributed by atoms with van der Waals surface area (Å²) in [5.74, 6) is -0.444. The minimum atomic E-state index is -4.53. The van der Waals surface area contributed by atoms with E-state index in [4.69, 9.17) is 21.1 Å². The van der Waals surface area contributed by atoms with Crippen LogP contribution in [0.2, 0.25) is 5.02 Å². The van der Waals surface area contributed by atoms with E-state index in [1.54, 1.807) is 20.0 Å². The number of nitrogens with zero attached hydrogens (tertiary/aromatic N) is 2. The van der Waals surface area contributed by atoms with Crippen LogP contribution < -0.4 is 15.0 Å². The first-order valence-corrected chi connectivity index (χ1v) is 13.0. The highest BCUT2D eigenvalue weighted by Crippen LogP contribution is 2.41. The van der Waals surface area contributed by atoms with E-state index in [1.807, 2.05) is 0 Å². The van der Waals surface area contributed by atoms with E-state index in [9.17, 15) is 22.8 Å². The molecule has 2 N–H and O–H groups in total. The van der Waals surface area contributed by atoms with Crippen LogP contribution in [-0.4, -0.2) is 54.1 Å². The Balaban J connectivity index is 1.48. The minimum absolute atomic E-state index is 0.0231. The van der Waals surface area contributed by atoms with Gasteiger partial charge in [-0.2, -0.15) is 13.2 Å². The number of nitrogens with one attached hydrogen (secondary N) is 2. The van der Waals surface area contributed by atoms with Gasteiger partial charge in [0.05, 0.1) is 45.7 Å². The monoisotopic (exact) mass is 586 g/mol. The first kappa shape index (κ1) is 28.4. The molecule has 1 atom stereocenters. The highest BCUT2D eigenvalue weighted by Gasteiger charge is 2.42. The Morgan fingerprint density at radius 3 is 2.73 bits per heavy atom. The first-order valence-electron chi connectivity index (χ1n) is 12.7. The summed E-state index contributed by atoms with van der Waals surface area (Å²) in [6.45, 7) is 1.80. The molecule has 8 nitrogen and oxygen atoms in total. The van der Waals surface area contributed by atoms with Crippen molar-refractivity contribution >= 4 is 45.7 Å². The fourth-order valence-corrected chi connectivity index (χ4v) is 5.16. The summed E-state index contributed by atoms with van der Waals surface area (Å²) < 4.78 is 51.0. The van der Waals surface area contributed by atoms with Crippen LogP contribution in [0.5, 0.6) is 5.75 Å². The topological polar surface area (TPSA) is 96.5 Å². The molecule has 1 amide bonds. The number of anilines is 2. The number of ether oxygens (including phenoxy) is 2. The lowest BCUT2D eigenvalue weighted by Gasteiger charge is -2.40. The van der Waals surface area contributed by atoms with Crippen molar-refractivity contribution in [2.24, 2.45) is 0 Å². The van der Waals surface area contributed by atoms with Crippen molar-refractivity contribution in [2.45, 2.75) is 31.5 Å². The first-order chi connectivity index (χ1) is 19.4. The fourth-order valence-electron chi connectivity index (χ4n) is 4.91. The van der Waals surface area contributed by atoms with E-state index in [1.165, 1.54) is 48.7 Å². The van der Waals surface area contributed by atoms with Gasteiger partial charge in [-0.3, -0.25) is 9.59 Å². The molecule has 2 aliphatic rings. The van der Waals surface area contributed by atoms with Gasteiger partial charge < -0.3 is 24.7 Å². The lowest BCUT2D eigenvalue weighted by atomic mass is 9.95. The number of rotatable bonds is 6. The Morgan fingerprint density at radius 2 is 2.02 bits per heavy atom. The lowest BCUT2D eigenvalue weighted by molar-refractivity contribution is -0.124. The van der Waals surface area contributed by atoms with Crippen LogP contribution in [0.1, 0.15) is 35.7 Å². The van der Waals surface area contributed by atoms with Gasteiger partial charge in [0.25, 0.3) is 5.91 Å².